The number of likely N-dealkylation sites (N-methyl/N-ethyl adjacent to an activating group) is 2. The van der Waals surface area contributed by atoms with Crippen LogP contribution in [0.4, 0.5) is 0 Å². The first-order valence-electron chi connectivity index (χ1n) is 10.0. The Morgan fingerprint density at radius 1 is 1.15 bits per heavy atom. The molecule has 26 heavy (non-hydrogen) atoms. The van der Waals surface area contributed by atoms with E-state index in [0.717, 1.165) is 32.6 Å². The van der Waals surface area contributed by atoms with Crippen molar-refractivity contribution in [2.45, 2.75) is 64.5 Å². The maximum absolute atomic E-state index is 6.29. The number of fused-ring (bicyclic) bond motifs is 2. The lowest BCUT2D eigenvalue weighted by atomic mass is 9.85. The molecule has 2 aromatic rings. The molecule has 2 aromatic heterocycles. The average Bonchev–Trinajstić information content (AvgIpc) is 3.18. The van der Waals surface area contributed by atoms with Crippen molar-refractivity contribution >= 4 is 11.3 Å². The minimum absolute atomic E-state index is 0.470. The zero-order valence-electron chi connectivity index (χ0n) is 16.8. The zero-order chi connectivity index (χ0) is 18.4. The van der Waals surface area contributed by atoms with Gasteiger partial charge in [0.05, 0.1) is 6.54 Å². The van der Waals surface area contributed by atoms with Crippen LogP contribution in [0, 0.1) is 0 Å². The van der Waals surface area contributed by atoms with E-state index in [9.17, 15) is 0 Å². The number of furan rings is 1. The van der Waals surface area contributed by atoms with Gasteiger partial charge in [0.1, 0.15) is 11.5 Å². The summed E-state index contributed by atoms with van der Waals surface area (Å²) in [6.07, 6.45) is 2.30. The molecule has 2 atom stereocenters. The molecule has 0 saturated carbocycles. The first-order valence-corrected chi connectivity index (χ1v) is 10.8. The predicted molar refractivity (Wildman–Crippen MR) is 109 cm³/mol. The van der Waals surface area contributed by atoms with E-state index in [1.165, 1.54) is 23.5 Å². The van der Waals surface area contributed by atoms with Crippen LogP contribution in [0.15, 0.2) is 16.5 Å². The second kappa shape index (κ2) is 7.14. The van der Waals surface area contributed by atoms with E-state index in [1.807, 2.05) is 11.3 Å². The summed E-state index contributed by atoms with van der Waals surface area (Å²) in [4.78, 5) is 7.96. The first-order chi connectivity index (χ1) is 12.4. The van der Waals surface area contributed by atoms with Crippen molar-refractivity contribution in [3.05, 3.63) is 44.5 Å². The molecule has 2 aliphatic rings. The molecular formula is C22H32N2OS. The average molecular weight is 373 g/mol. The maximum atomic E-state index is 6.29. The van der Waals surface area contributed by atoms with Crippen molar-refractivity contribution in [2.24, 2.45) is 0 Å². The monoisotopic (exact) mass is 372 g/mol. The van der Waals surface area contributed by atoms with Crippen molar-refractivity contribution < 1.29 is 4.42 Å². The molecule has 0 aromatic carbocycles. The molecule has 0 bridgehead atoms. The minimum Gasteiger partial charge on any atom is -0.464 e. The number of nitrogens with zero attached hydrogens (tertiary/aromatic N) is 2. The molecule has 2 unspecified atom stereocenters. The van der Waals surface area contributed by atoms with Gasteiger partial charge in [-0.15, -0.1) is 11.3 Å². The molecule has 0 fully saturated rings. The predicted octanol–water partition coefficient (Wildman–Crippen LogP) is 5.18. The van der Waals surface area contributed by atoms with Crippen molar-refractivity contribution in [3.8, 4) is 0 Å². The molecule has 0 N–H and O–H groups in total. The Bertz CT molecular complexity index is 775. The molecule has 3 nitrogen and oxygen atoms in total. The van der Waals surface area contributed by atoms with E-state index in [4.69, 9.17) is 4.42 Å². The summed E-state index contributed by atoms with van der Waals surface area (Å²) in [6, 6.07) is 4.84. The lowest BCUT2D eigenvalue weighted by molar-refractivity contribution is 0.259. The van der Waals surface area contributed by atoms with Crippen LogP contribution in [0.5, 0.6) is 0 Å². The van der Waals surface area contributed by atoms with Crippen molar-refractivity contribution in [2.75, 3.05) is 27.2 Å². The van der Waals surface area contributed by atoms with Crippen LogP contribution in [0.25, 0.3) is 0 Å². The number of hydrogen-bond donors (Lipinski definition) is 0. The molecule has 0 aliphatic carbocycles. The summed E-state index contributed by atoms with van der Waals surface area (Å²) < 4.78 is 6.29. The van der Waals surface area contributed by atoms with E-state index in [1.54, 1.807) is 15.3 Å². The molecule has 142 valence electrons. The van der Waals surface area contributed by atoms with Crippen LogP contribution >= 0.6 is 11.3 Å². The van der Waals surface area contributed by atoms with Gasteiger partial charge in [0.15, 0.2) is 0 Å². The zero-order valence-corrected chi connectivity index (χ0v) is 17.7. The van der Waals surface area contributed by atoms with Crippen LogP contribution < -0.4 is 0 Å². The van der Waals surface area contributed by atoms with E-state index >= 15 is 0 Å². The lowest BCUT2D eigenvalue weighted by Gasteiger charge is -2.31. The van der Waals surface area contributed by atoms with Crippen LogP contribution in [-0.4, -0.2) is 37.0 Å². The molecular weight excluding hydrogens is 340 g/mol. The SMILES string of the molecule is CC(C)c1cc2c(s1)CN(C)CC2CC(C)c1cc2c(o1)CN(C)CC2. The Morgan fingerprint density at radius 2 is 1.96 bits per heavy atom. The highest BCUT2D eigenvalue weighted by Crippen LogP contribution is 2.41. The van der Waals surface area contributed by atoms with E-state index < -0.39 is 0 Å². The van der Waals surface area contributed by atoms with Crippen molar-refractivity contribution in [3.63, 3.8) is 0 Å². The molecule has 4 heteroatoms. The van der Waals surface area contributed by atoms with Crippen LogP contribution in [0.2, 0.25) is 0 Å². The number of thiophene rings is 1. The van der Waals surface area contributed by atoms with E-state index in [-0.39, 0.29) is 0 Å². The number of rotatable bonds is 4. The summed E-state index contributed by atoms with van der Waals surface area (Å²) in [6.45, 7) is 11.3. The van der Waals surface area contributed by atoms with Crippen molar-refractivity contribution in [1.82, 2.24) is 9.80 Å². The van der Waals surface area contributed by atoms with Gasteiger partial charge in [-0.2, -0.15) is 0 Å². The van der Waals surface area contributed by atoms with Gasteiger partial charge in [-0.1, -0.05) is 20.8 Å². The summed E-state index contributed by atoms with van der Waals surface area (Å²) in [5, 5.41) is 0. The highest BCUT2D eigenvalue weighted by Gasteiger charge is 2.29. The number of hydrogen-bond acceptors (Lipinski definition) is 4. The van der Waals surface area contributed by atoms with Gasteiger partial charge in [-0.25, -0.2) is 0 Å². The third kappa shape index (κ3) is 3.51. The molecule has 0 radical (unpaired) electrons. The fraction of sp³-hybridized carbons (Fsp3) is 0.636. The maximum Gasteiger partial charge on any atom is 0.121 e. The van der Waals surface area contributed by atoms with Gasteiger partial charge in [0.2, 0.25) is 0 Å². The Morgan fingerprint density at radius 3 is 2.73 bits per heavy atom. The Labute approximate surface area is 162 Å². The van der Waals surface area contributed by atoms with Gasteiger partial charge < -0.3 is 9.32 Å². The van der Waals surface area contributed by atoms with Gasteiger partial charge in [-0.3, -0.25) is 4.90 Å². The highest BCUT2D eigenvalue weighted by molar-refractivity contribution is 7.12. The van der Waals surface area contributed by atoms with Crippen LogP contribution in [-0.2, 0) is 19.5 Å². The van der Waals surface area contributed by atoms with Gasteiger partial charge in [-0.05, 0) is 62.0 Å². The van der Waals surface area contributed by atoms with Gasteiger partial charge in [0.25, 0.3) is 0 Å². The quantitative estimate of drug-likeness (QED) is 0.738. The third-order valence-corrected chi connectivity index (χ3v) is 7.47. The fourth-order valence-electron chi connectivity index (χ4n) is 4.46. The summed E-state index contributed by atoms with van der Waals surface area (Å²) in [7, 11) is 4.44. The van der Waals surface area contributed by atoms with E-state index in [2.05, 4.69) is 56.8 Å². The summed E-state index contributed by atoms with van der Waals surface area (Å²) in [5.41, 5.74) is 3.05. The highest BCUT2D eigenvalue weighted by atomic mass is 32.1. The topological polar surface area (TPSA) is 19.6 Å². The lowest BCUT2D eigenvalue weighted by Crippen LogP contribution is -2.29. The Kier molecular flexibility index (Phi) is 5.02. The third-order valence-electron chi connectivity index (χ3n) is 6.03. The molecule has 0 amide bonds. The fourth-order valence-corrected chi connectivity index (χ4v) is 5.79. The molecule has 0 spiro atoms. The normalized spacial score (nSPS) is 22.5. The molecule has 4 rings (SSSR count). The van der Waals surface area contributed by atoms with Crippen LogP contribution in [0.1, 0.15) is 77.3 Å². The standard InChI is InChI=1S/C22H32N2OS/c1-14(2)21-10-18-17(11-24(5)13-22(18)26-21)8-15(3)19-9-16-6-7-23(4)12-20(16)25-19/h9-10,14-15,17H,6-8,11-13H2,1-5H3. The summed E-state index contributed by atoms with van der Waals surface area (Å²) >= 11 is 2.03. The smallest absolute Gasteiger partial charge is 0.121 e. The van der Waals surface area contributed by atoms with Gasteiger partial charge in [0, 0.05) is 35.3 Å². The van der Waals surface area contributed by atoms with Gasteiger partial charge >= 0.3 is 0 Å². The van der Waals surface area contributed by atoms with Crippen molar-refractivity contribution in [1.29, 1.82) is 0 Å². The molecule has 4 heterocycles. The second-order valence-electron chi connectivity index (χ2n) is 8.80. The van der Waals surface area contributed by atoms with Crippen LogP contribution in [0.3, 0.4) is 0 Å². The Balaban J connectivity index is 1.54. The first kappa shape index (κ1) is 18.3. The Hall–Kier alpha value is -1.10. The van der Waals surface area contributed by atoms with E-state index in [0.29, 0.717) is 17.8 Å². The second-order valence-corrected chi connectivity index (χ2v) is 9.97. The molecule has 0 saturated heterocycles. The summed E-state index contributed by atoms with van der Waals surface area (Å²) in [5.74, 6) is 4.10. The largest absolute Gasteiger partial charge is 0.464 e. The minimum atomic E-state index is 0.470. The molecule has 2 aliphatic heterocycles.